The lowest BCUT2D eigenvalue weighted by molar-refractivity contribution is -0.114. The van der Waals surface area contributed by atoms with Gasteiger partial charge in [0.2, 0.25) is 5.91 Å². The summed E-state index contributed by atoms with van der Waals surface area (Å²) in [6.07, 6.45) is 0.915. The number of carbonyl (C=O) groups is 2. The van der Waals surface area contributed by atoms with Crippen LogP contribution in [0.5, 0.6) is 0 Å². The maximum Gasteiger partial charge on any atom is 0.273 e. The van der Waals surface area contributed by atoms with E-state index in [-0.39, 0.29) is 42.0 Å². The lowest BCUT2D eigenvalue weighted by atomic mass is 9.90. The van der Waals surface area contributed by atoms with E-state index in [4.69, 9.17) is 5.73 Å². The van der Waals surface area contributed by atoms with Crippen LogP contribution in [0, 0.1) is 5.41 Å². The summed E-state index contributed by atoms with van der Waals surface area (Å²) in [6, 6.07) is 0. The molecule has 0 spiro atoms. The minimum Gasteiger partial charge on any atom is -0.337 e. The fourth-order valence-corrected chi connectivity index (χ4v) is 2.84. The van der Waals surface area contributed by atoms with Crippen molar-refractivity contribution in [2.75, 3.05) is 25.0 Å². The number of nitrogens with one attached hydrogen (secondary N) is 1. The Morgan fingerprint density at radius 3 is 2.71 bits per heavy atom. The van der Waals surface area contributed by atoms with E-state index in [2.05, 4.69) is 17.2 Å². The van der Waals surface area contributed by atoms with Gasteiger partial charge in [-0.25, -0.2) is 4.98 Å². The van der Waals surface area contributed by atoms with Gasteiger partial charge in [0.25, 0.3) is 5.91 Å². The molecule has 1 aliphatic rings. The lowest BCUT2D eigenvalue weighted by Crippen LogP contribution is -2.34. The number of thiazole rings is 1. The van der Waals surface area contributed by atoms with Gasteiger partial charge in [-0.2, -0.15) is 0 Å². The monoisotopic (exact) mass is 354 g/mol. The van der Waals surface area contributed by atoms with Gasteiger partial charge < -0.3 is 16.0 Å². The summed E-state index contributed by atoms with van der Waals surface area (Å²) in [5.74, 6) is -0.282. The topological polar surface area (TPSA) is 88.3 Å². The highest BCUT2D eigenvalue weighted by Crippen LogP contribution is 2.29. The number of aromatic nitrogens is 1. The average Bonchev–Trinajstić information content (AvgIpc) is 2.95. The standard InChI is InChI=1S/C12H18N4O2S.2ClH/c1-8(17)14-11-15-9(5-19-11)10(18)16-4-3-12(2,6-13)7-16;;/h5H,3-4,6-7,13H2,1-2H3,(H,14,15,17);2*1H. The van der Waals surface area contributed by atoms with Crippen molar-refractivity contribution in [3.05, 3.63) is 11.1 Å². The molecule has 0 radical (unpaired) electrons. The van der Waals surface area contributed by atoms with Crippen molar-refractivity contribution >= 4 is 53.1 Å². The molecule has 1 aliphatic heterocycles. The average molecular weight is 355 g/mol. The van der Waals surface area contributed by atoms with Crippen molar-refractivity contribution in [1.82, 2.24) is 9.88 Å². The van der Waals surface area contributed by atoms with Crippen molar-refractivity contribution in [1.29, 1.82) is 0 Å². The summed E-state index contributed by atoms with van der Waals surface area (Å²) in [5.41, 5.74) is 6.12. The van der Waals surface area contributed by atoms with Crippen LogP contribution in [-0.2, 0) is 4.79 Å². The zero-order chi connectivity index (χ0) is 14.0. The maximum atomic E-state index is 12.3. The summed E-state index contributed by atoms with van der Waals surface area (Å²) in [6.45, 7) is 5.44. The molecular formula is C12H20Cl2N4O2S. The van der Waals surface area contributed by atoms with Crippen LogP contribution in [0.4, 0.5) is 5.13 Å². The third-order valence-electron chi connectivity index (χ3n) is 3.34. The minimum absolute atomic E-state index is 0. The Hall–Kier alpha value is -0.890. The molecule has 1 aromatic heterocycles. The minimum atomic E-state index is -0.190. The summed E-state index contributed by atoms with van der Waals surface area (Å²) in [5, 5.41) is 4.70. The number of carbonyl (C=O) groups excluding carboxylic acids is 2. The second-order valence-corrected chi connectivity index (χ2v) is 6.07. The highest BCUT2D eigenvalue weighted by atomic mass is 35.5. The molecular weight excluding hydrogens is 335 g/mol. The molecule has 1 atom stereocenters. The van der Waals surface area contributed by atoms with E-state index in [1.165, 1.54) is 18.3 Å². The zero-order valence-electron chi connectivity index (χ0n) is 11.9. The van der Waals surface area contributed by atoms with Gasteiger partial charge in [-0.05, 0) is 18.4 Å². The first-order chi connectivity index (χ1) is 8.93. The van der Waals surface area contributed by atoms with Crippen LogP contribution in [0.15, 0.2) is 5.38 Å². The number of hydrogen-bond acceptors (Lipinski definition) is 5. The Balaban J connectivity index is 0.00000200. The van der Waals surface area contributed by atoms with Crippen LogP contribution in [0.2, 0.25) is 0 Å². The number of anilines is 1. The van der Waals surface area contributed by atoms with E-state index >= 15 is 0 Å². The highest BCUT2D eigenvalue weighted by molar-refractivity contribution is 7.14. The number of hydrogen-bond donors (Lipinski definition) is 2. The fraction of sp³-hybridized carbons (Fsp3) is 0.583. The van der Waals surface area contributed by atoms with Crippen LogP contribution < -0.4 is 11.1 Å². The maximum absolute atomic E-state index is 12.3. The lowest BCUT2D eigenvalue weighted by Gasteiger charge is -2.22. The summed E-state index contributed by atoms with van der Waals surface area (Å²) >= 11 is 1.26. The smallest absolute Gasteiger partial charge is 0.273 e. The molecule has 0 bridgehead atoms. The molecule has 1 saturated heterocycles. The van der Waals surface area contributed by atoms with Gasteiger partial charge >= 0.3 is 0 Å². The predicted octanol–water partition coefficient (Wildman–Crippen LogP) is 1.76. The number of halogens is 2. The van der Waals surface area contributed by atoms with E-state index in [0.717, 1.165) is 6.42 Å². The molecule has 0 saturated carbocycles. The molecule has 1 fully saturated rings. The Morgan fingerprint density at radius 2 is 2.19 bits per heavy atom. The van der Waals surface area contributed by atoms with Gasteiger partial charge in [0, 0.05) is 25.4 Å². The first kappa shape index (κ1) is 20.1. The van der Waals surface area contributed by atoms with E-state index < -0.39 is 0 Å². The van der Waals surface area contributed by atoms with Crippen molar-refractivity contribution < 1.29 is 9.59 Å². The summed E-state index contributed by atoms with van der Waals surface area (Å²) in [4.78, 5) is 29.1. The first-order valence-electron chi connectivity index (χ1n) is 6.16. The van der Waals surface area contributed by atoms with Gasteiger partial charge in [0.05, 0.1) is 0 Å². The zero-order valence-corrected chi connectivity index (χ0v) is 14.4. The predicted molar refractivity (Wildman–Crippen MR) is 88.6 cm³/mol. The van der Waals surface area contributed by atoms with Crippen LogP contribution in [0.25, 0.3) is 0 Å². The normalized spacial score (nSPS) is 20.4. The van der Waals surface area contributed by atoms with E-state index in [1.54, 1.807) is 10.3 Å². The number of rotatable bonds is 3. The summed E-state index contributed by atoms with van der Waals surface area (Å²) in [7, 11) is 0. The number of nitrogens with two attached hydrogens (primary N) is 1. The largest absolute Gasteiger partial charge is 0.337 e. The van der Waals surface area contributed by atoms with Gasteiger partial charge in [0.15, 0.2) is 5.13 Å². The van der Waals surface area contributed by atoms with Gasteiger partial charge in [-0.15, -0.1) is 36.2 Å². The molecule has 3 N–H and O–H groups in total. The van der Waals surface area contributed by atoms with Gasteiger partial charge in [-0.1, -0.05) is 6.92 Å². The molecule has 6 nitrogen and oxygen atoms in total. The van der Waals surface area contributed by atoms with Crippen LogP contribution in [-0.4, -0.2) is 41.3 Å². The molecule has 0 aromatic carbocycles. The van der Waals surface area contributed by atoms with Crippen molar-refractivity contribution in [3.8, 4) is 0 Å². The van der Waals surface area contributed by atoms with E-state index in [1.807, 2.05) is 0 Å². The quantitative estimate of drug-likeness (QED) is 0.865. The van der Waals surface area contributed by atoms with Crippen LogP contribution in [0.3, 0.4) is 0 Å². The number of likely N-dealkylation sites (tertiary alicyclic amines) is 1. The molecule has 2 heterocycles. The molecule has 0 aliphatic carbocycles. The van der Waals surface area contributed by atoms with E-state index in [9.17, 15) is 9.59 Å². The molecule has 1 unspecified atom stereocenters. The Labute approximate surface area is 140 Å². The first-order valence-corrected chi connectivity index (χ1v) is 7.04. The fourth-order valence-electron chi connectivity index (χ4n) is 2.11. The Bertz CT molecular complexity index is 511. The summed E-state index contributed by atoms with van der Waals surface area (Å²) < 4.78 is 0. The second kappa shape index (κ2) is 7.93. The third-order valence-corrected chi connectivity index (χ3v) is 4.10. The van der Waals surface area contributed by atoms with Gasteiger partial charge in [0.1, 0.15) is 5.69 Å². The molecule has 9 heteroatoms. The van der Waals surface area contributed by atoms with Gasteiger partial charge in [-0.3, -0.25) is 9.59 Å². The number of nitrogens with zero attached hydrogens (tertiary/aromatic N) is 2. The van der Waals surface area contributed by atoms with Crippen molar-refractivity contribution in [2.45, 2.75) is 20.3 Å². The molecule has 1 aromatic rings. The Kier molecular flexibility index (Phi) is 7.60. The van der Waals surface area contributed by atoms with Crippen LogP contribution >= 0.6 is 36.2 Å². The SMILES string of the molecule is CC(=O)Nc1nc(C(=O)N2CCC(C)(CN)C2)cs1.Cl.Cl. The Morgan fingerprint density at radius 1 is 1.52 bits per heavy atom. The molecule has 2 rings (SSSR count). The molecule has 120 valence electrons. The number of amides is 2. The highest BCUT2D eigenvalue weighted by Gasteiger charge is 2.35. The van der Waals surface area contributed by atoms with Crippen molar-refractivity contribution in [3.63, 3.8) is 0 Å². The molecule has 2 amide bonds. The second-order valence-electron chi connectivity index (χ2n) is 5.21. The van der Waals surface area contributed by atoms with Crippen molar-refractivity contribution in [2.24, 2.45) is 11.1 Å². The van der Waals surface area contributed by atoms with E-state index in [0.29, 0.717) is 30.5 Å². The molecule has 21 heavy (non-hydrogen) atoms. The van der Waals surface area contributed by atoms with Crippen LogP contribution in [0.1, 0.15) is 30.8 Å². The third kappa shape index (κ3) is 4.81.